The highest BCUT2D eigenvalue weighted by atomic mass is 19.2. The number of hydrogen-bond donors (Lipinski definition) is 0. The maximum atomic E-state index is 15.4. The van der Waals surface area contributed by atoms with Gasteiger partial charge in [-0.25, -0.2) is 4.79 Å². The Morgan fingerprint density at radius 3 is 2.42 bits per heavy atom. The maximum absolute atomic E-state index is 15.4. The number of halogens is 2. The van der Waals surface area contributed by atoms with Gasteiger partial charge in [-0.15, -0.1) is 0 Å². The predicted molar refractivity (Wildman–Crippen MR) is 90.1 cm³/mol. The second kappa shape index (κ2) is 5.16. The van der Waals surface area contributed by atoms with E-state index in [0.717, 1.165) is 20.1 Å². The van der Waals surface area contributed by atoms with Crippen molar-refractivity contribution in [3.05, 3.63) is 39.9 Å². The van der Waals surface area contributed by atoms with E-state index in [9.17, 15) is 4.79 Å². The van der Waals surface area contributed by atoms with Crippen LogP contribution in [0, 0.1) is 13.8 Å². The number of allylic oxidation sites excluding steroid dienone is 2. The number of fused-ring (bicyclic) bond motifs is 2. The zero-order valence-corrected chi connectivity index (χ0v) is 14.8. The van der Waals surface area contributed by atoms with Crippen LogP contribution in [0.15, 0.2) is 22.9 Å². The molecule has 0 amide bonds. The molecule has 0 atom stereocenters. The summed E-state index contributed by atoms with van der Waals surface area (Å²) in [5.74, 6) is -0.549. The fraction of sp³-hybridized carbons (Fsp3) is 0.412. The van der Waals surface area contributed by atoms with E-state index in [2.05, 4.69) is 0 Å². The number of rotatable bonds is 2. The van der Waals surface area contributed by atoms with Gasteiger partial charge in [-0.1, -0.05) is 0 Å². The van der Waals surface area contributed by atoms with Gasteiger partial charge >= 0.3 is 12.9 Å². The lowest BCUT2D eigenvalue weighted by molar-refractivity contribution is -0.363. The van der Waals surface area contributed by atoms with Gasteiger partial charge in [-0.05, 0) is 51.9 Å². The number of carbonyl (C=O) groups excluding carboxylic acids is 1. The minimum atomic E-state index is -4.06. The van der Waals surface area contributed by atoms with E-state index in [4.69, 9.17) is 4.74 Å². The highest BCUT2D eigenvalue weighted by Crippen LogP contribution is 2.42. The van der Waals surface area contributed by atoms with Crippen LogP contribution in [0.4, 0.5) is 8.63 Å². The normalized spacial score (nSPS) is 19.0. The summed E-state index contributed by atoms with van der Waals surface area (Å²) in [5, 5.41) is 0. The molecule has 1 aromatic heterocycles. The van der Waals surface area contributed by atoms with Crippen LogP contribution in [-0.4, -0.2) is 34.2 Å². The Balaban J connectivity index is 2.37. The van der Waals surface area contributed by atoms with Gasteiger partial charge in [-0.3, -0.25) is 0 Å². The fourth-order valence-corrected chi connectivity index (χ4v) is 4.13. The molecule has 0 spiro atoms. The molecule has 2 aliphatic rings. The van der Waals surface area contributed by atoms with Gasteiger partial charge in [0, 0.05) is 23.8 Å². The zero-order chi connectivity index (χ0) is 18.0. The molecule has 0 fully saturated rings. The number of hydrogen-bond acceptors (Lipinski definition) is 2. The highest BCUT2D eigenvalue weighted by Gasteiger charge is 2.56. The lowest BCUT2D eigenvalue weighted by Crippen LogP contribution is -2.51. The smallest absolute Gasteiger partial charge is 0.462 e. The van der Waals surface area contributed by atoms with Crippen LogP contribution in [0.1, 0.15) is 44.6 Å². The SMILES string of the molecule is CCOC(=O)C1=C(C)C2=C(C)c3c(C)cc(C)n3[B-](F)(F)[N+]2=C1C. The summed E-state index contributed by atoms with van der Waals surface area (Å²) in [4.78, 5) is 12.3. The summed E-state index contributed by atoms with van der Waals surface area (Å²) in [6, 6.07) is 1.78. The van der Waals surface area contributed by atoms with E-state index in [-0.39, 0.29) is 17.9 Å². The van der Waals surface area contributed by atoms with Crippen molar-refractivity contribution in [3.63, 3.8) is 0 Å². The monoisotopic (exact) mass is 334 g/mol. The lowest BCUT2D eigenvalue weighted by atomic mass is 9.86. The molecule has 0 unspecified atom stereocenters. The van der Waals surface area contributed by atoms with Crippen LogP contribution < -0.4 is 0 Å². The minimum absolute atomic E-state index is 0.209. The van der Waals surface area contributed by atoms with Gasteiger partial charge in [0.05, 0.1) is 6.61 Å². The Labute approximate surface area is 140 Å². The van der Waals surface area contributed by atoms with Gasteiger partial charge in [0.2, 0.25) is 0 Å². The molecule has 0 aliphatic carbocycles. The minimum Gasteiger partial charge on any atom is -0.462 e. The Morgan fingerprint density at radius 2 is 1.83 bits per heavy atom. The van der Waals surface area contributed by atoms with Crippen molar-refractivity contribution in [2.45, 2.75) is 41.5 Å². The maximum Gasteiger partial charge on any atom is 0.737 e. The first-order valence-corrected chi connectivity index (χ1v) is 8.08. The summed E-state index contributed by atoms with van der Waals surface area (Å²) < 4.78 is 37.9. The van der Waals surface area contributed by atoms with Gasteiger partial charge in [0.1, 0.15) is 11.3 Å². The number of ether oxygens (including phenoxy) is 1. The largest absolute Gasteiger partial charge is 0.737 e. The molecule has 7 heteroatoms. The molecule has 0 saturated carbocycles. The predicted octanol–water partition coefficient (Wildman–Crippen LogP) is 3.44. The van der Waals surface area contributed by atoms with Crippen molar-refractivity contribution >= 4 is 24.2 Å². The van der Waals surface area contributed by atoms with Gasteiger partial charge < -0.3 is 22.3 Å². The van der Waals surface area contributed by atoms with E-state index in [1.807, 2.05) is 13.8 Å². The van der Waals surface area contributed by atoms with E-state index in [0.29, 0.717) is 22.7 Å². The summed E-state index contributed by atoms with van der Waals surface area (Å²) in [7, 11) is 0. The van der Waals surface area contributed by atoms with E-state index in [1.54, 1.807) is 33.8 Å². The van der Waals surface area contributed by atoms with Crippen LogP contribution in [0.3, 0.4) is 0 Å². The Bertz CT molecular complexity index is 875. The van der Waals surface area contributed by atoms with Crippen LogP contribution >= 0.6 is 0 Å². The van der Waals surface area contributed by atoms with Crippen LogP contribution in [0.5, 0.6) is 0 Å². The average molecular weight is 334 g/mol. The number of aromatic nitrogens is 1. The molecule has 24 heavy (non-hydrogen) atoms. The number of aryl methyl sites for hydroxylation is 2. The first-order valence-electron chi connectivity index (χ1n) is 8.08. The molecule has 2 aliphatic heterocycles. The summed E-state index contributed by atoms with van der Waals surface area (Å²) in [5.41, 5.74) is 4.10. The average Bonchev–Trinajstić information content (AvgIpc) is 2.92. The van der Waals surface area contributed by atoms with Gasteiger partial charge in [-0.2, -0.15) is 0 Å². The molecule has 0 radical (unpaired) electrons. The topological polar surface area (TPSA) is 34.2 Å². The zero-order valence-electron chi connectivity index (χ0n) is 14.8. The molecule has 0 aromatic carbocycles. The highest BCUT2D eigenvalue weighted by molar-refractivity contribution is 6.58. The van der Waals surface area contributed by atoms with Crippen molar-refractivity contribution in [2.24, 2.45) is 0 Å². The molecule has 4 nitrogen and oxygen atoms in total. The van der Waals surface area contributed by atoms with E-state index in [1.165, 1.54) is 0 Å². The lowest BCUT2D eigenvalue weighted by Gasteiger charge is -2.32. The molecular formula is C17H21BF2N2O2. The van der Waals surface area contributed by atoms with Gasteiger partial charge in [0.25, 0.3) is 0 Å². The Morgan fingerprint density at radius 1 is 1.21 bits per heavy atom. The molecule has 0 bridgehead atoms. The first kappa shape index (κ1) is 16.7. The second-order valence-electron chi connectivity index (χ2n) is 6.43. The summed E-state index contributed by atoms with van der Waals surface area (Å²) in [6.45, 7) is 6.47. The quantitative estimate of drug-likeness (QED) is 0.613. The number of esters is 1. The van der Waals surface area contributed by atoms with Crippen LogP contribution in [0.2, 0.25) is 0 Å². The standard InChI is InChI=1S/C17H21BF2N2O2/c1-7-24-17(23)14-11(4)16-12(5)15-9(2)8-10(3)21(15)18(19,20)22(16)13(14)6/h8H,7H2,1-6H3. The molecular weight excluding hydrogens is 313 g/mol. The van der Waals surface area contributed by atoms with Gasteiger partial charge in [0.15, 0.2) is 5.70 Å². The fourth-order valence-electron chi connectivity index (χ4n) is 4.13. The van der Waals surface area contributed by atoms with Crippen molar-refractivity contribution < 1.29 is 22.6 Å². The van der Waals surface area contributed by atoms with Crippen molar-refractivity contribution in [1.82, 2.24) is 4.48 Å². The number of carbonyl (C=O) groups is 1. The Kier molecular flexibility index (Phi) is 3.59. The third-order valence-electron chi connectivity index (χ3n) is 4.93. The van der Waals surface area contributed by atoms with E-state index >= 15 is 8.63 Å². The third-order valence-corrected chi connectivity index (χ3v) is 4.93. The molecule has 0 N–H and O–H groups in total. The summed E-state index contributed by atoms with van der Waals surface area (Å²) >= 11 is 0. The molecule has 0 saturated heterocycles. The molecule has 128 valence electrons. The van der Waals surface area contributed by atoms with Crippen molar-refractivity contribution in [2.75, 3.05) is 6.61 Å². The first-order chi connectivity index (χ1) is 11.1. The van der Waals surface area contributed by atoms with Crippen molar-refractivity contribution in [3.8, 4) is 0 Å². The van der Waals surface area contributed by atoms with Crippen LogP contribution in [-0.2, 0) is 9.53 Å². The molecule has 1 aromatic rings. The third kappa shape index (κ3) is 1.90. The second-order valence-corrected chi connectivity index (χ2v) is 6.43. The van der Waals surface area contributed by atoms with Crippen molar-refractivity contribution in [1.29, 1.82) is 0 Å². The van der Waals surface area contributed by atoms with Crippen LogP contribution in [0.25, 0.3) is 5.57 Å². The Hall–Kier alpha value is -2.18. The molecule has 3 heterocycles. The summed E-state index contributed by atoms with van der Waals surface area (Å²) in [6.07, 6.45) is 0. The van der Waals surface area contributed by atoms with E-state index < -0.39 is 12.9 Å². The number of nitrogens with zero attached hydrogens (tertiary/aromatic N) is 2. The molecule has 3 rings (SSSR count).